The Morgan fingerprint density at radius 2 is 2.12 bits per heavy atom. The number of thiocarbonyl (C=S) groups is 1. The maximum atomic E-state index is 12.1. The number of nitrogens with zero attached hydrogens (tertiary/aromatic N) is 1. The number of thioether (sulfide) groups is 1. The largest absolute Gasteiger partial charge is 0.484 e. The Morgan fingerprint density at radius 1 is 1.42 bits per heavy atom. The van der Waals surface area contributed by atoms with Crippen molar-refractivity contribution < 1.29 is 19.4 Å². The summed E-state index contributed by atoms with van der Waals surface area (Å²) in [5.74, 6) is -0.0469. The smallest absolute Gasteiger partial charge is 0.352 e. The van der Waals surface area contributed by atoms with Crippen molar-refractivity contribution in [2.24, 2.45) is 0 Å². The number of nitrogens with one attached hydrogen (secondary N) is 1. The number of hydrogen-bond donors (Lipinski definition) is 2. The lowest BCUT2D eigenvalue weighted by atomic mass is 10.0. The van der Waals surface area contributed by atoms with Crippen LogP contribution in [0.1, 0.15) is 6.92 Å². The standard InChI is InChI=1S/C16H16N2O4S2/c1-9-8-24-15-12(14(23)18(15)13(9)16(20)21)17-11(19)7-22-10-5-3-2-4-6-10/h2-6,12,15H,7-8H2,1H3,(H,17,19)(H,20,21)/t12-,15?/m1/s1. The highest BCUT2D eigenvalue weighted by atomic mass is 32.2. The summed E-state index contributed by atoms with van der Waals surface area (Å²) in [4.78, 5) is 25.5. The fourth-order valence-corrected chi connectivity index (χ4v) is 4.52. The van der Waals surface area contributed by atoms with Crippen LogP contribution < -0.4 is 10.1 Å². The second-order valence-electron chi connectivity index (χ2n) is 5.49. The van der Waals surface area contributed by atoms with Gasteiger partial charge in [0.15, 0.2) is 6.61 Å². The van der Waals surface area contributed by atoms with E-state index in [0.29, 0.717) is 16.5 Å². The van der Waals surface area contributed by atoms with Crippen LogP contribution in [-0.2, 0) is 9.59 Å². The van der Waals surface area contributed by atoms with Gasteiger partial charge in [-0.2, -0.15) is 0 Å². The van der Waals surface area contributed by atoms with Crippen LogP contribution in [0.15, 0.2) is 41.6 Å². The third-order valence-corrected chi connectivity index (χ3v) is 5.67. The second-order valence-corrected chi connectivity index (χ2v) is 7.01. The summed E-state index contributed by atoms with van der Waals surface area (Å²) in [5, 5.41) is 12.0. The van der Waals surface area contributed by atoms with Crippen molar-refractivity contribution in [3.63, 3.8) is 0 Å². The number of carbonyl (C=O) groups excluding carboxylic acids is 1. The lowest BCUT2D eigenvalue weighted by Crippen LogP contribution is -2.70. The van der Waals surface area contributed by atoms with E-state index in [9.17, 15) is 14.7 Å². The Morgan fingerprint density at radius 3 is 2.79 bits per heavy atom. The van der Waals surface area contributed by atoms with Crippen molar-refractivity contribution in [1.82, 2.24) is 10.2 Å². The molecule has 24 heavy (non-hydrogen) atoms. The van der Waals surface area contributed by atoms with Crippen LogP contribution in [-0.4, -0.2) is 50.6 Å². The van der Waals surface area contributed by atoms with Gasteiger partial charge in [0.2, 0.25) is 0 Å². The zero-order chi connectivity index (χ0) is 17.3. The number of fused-ring (bicyclic) bond motifs is 1. The first-order valence-electron chi connectivity index (χ1n) is 7.34. The van der Waals surface area contributed by atoms with Gasteiger partial charge < -0.3 is 20.1 Å². The molecule has 0 aromatic heterocycles. The molecule has 0 aliphatic carbocycles. The Bertz CT molecular complexity index is 720. The van der Waals surface area contributed by atoms with Gasteiger partial charge in [0.05, 0.1) is 0 Å². The van der Waals surface area contributed by atoms with Crippen LogP contribution in [0.3, 0.4) is 0 Å². The van der Waals surface area contributed by atoms with E-state index in [1.165, 1.54) is 0 Å². The molecule has 1 fully saturated rings. The normalized spacial score (nSPS) is 22.5. The molecule has 2 aliphatic rings. The highest BCUT2D eigenvalue weighted by molar-refractivity contribution is 8.00. The molecular weight excluding hydrogens is 348 g/mol. The molecule has 2 N–H and O–H groups in total. The van der Waals surface area contributed by atoms with Crippen molar-refractivity contribution in [2.45, 2.75) is 18.3 Å². The van der Waals surface area contributed by atoms with Gasteiger partial charge in [-0.15, -0.1) is 11.8 Å². The second kappa shape index (κ2) is 6.82. The quantitative estimate of drug-likeness (QED) is 0.769. The molecular formula is C16H16N2O4S2. The molecule has 1 saturated heterocycles. The van der Waals surface area contributed by atoms with E-state index in [2.05, 4.69) is 5.32 Å². The molecule has 2 aliphatic heterocycles. The van der Waals surface area contributed by atoms with Crippen LogP contribution in [0.2, 0.25) is 0 Å². The summed E-state index contributed by atoms with van der Waals surface area (Å²) in [7, 11) is 0. The minimum Gasteiger partial charge on any atom is -0.484 e. The monoisotopic (exact) mass is 364 g/mol. The summed E-state index contributed by atoms with van der Waals surface area (Å²) in [5.41, 5.74) is 1.01. The van der Waals surface area contributed by atoms with Gasteiger partial charge >= 0.3 is 5.97 Å². The van der Waals surface area contributed by atoms with Crippen molar-refractivity contribution in [3.8, 4) is 5.75 Å². The van der Waals surface area contributed by atoms with E-state index in [-0.39, 0.29) is 29.6 Å². The number of carboxylic acids is 1. The topological polar surface area (TPSA) is 78.9 Å². The molecule has 2 heterocycles. The summed E-state index contributed by atoms with van der Waals surface area (Å²) >= 11 is 6.88. The van der Waals surface area contributed by atoms with Crippen LogP contribution in [0.25, 0.3) is 0 Å². The number of carbonyl (C=O) groups is 2. The van der Waals surface area contributed by atoms with E-state index in [1.54, 1.807) is 35.7 Å². The number of benzene rings is 1. The van der Waals surface area contributed by atoms with E-state index in [1.807, 2.05) is 18.2 Å². The van der Waals surface area contributed by atoms with E-state index in [4.69, 9.17) is 17.0 Å². The van der Waals surface area contributed by atoms with Gasteiger partial charge in [-0.05, 0) is 24.6 Å². The predicted octanol–water partition coefficient (Wildman–Crippen LogP) is 1.62. The average molecular weight is 364 g/mol. The maximum absolute atomic E-state index is 12.1. The fourth-order valence-electron chi connectivity index (χ4n) is 2.66. The van der Waals surface area contributed by atoms with E-state index in [0.717, 1.165) is 5.57 Å². The van der Waals surface area contributed by atoms with Crippen molar-refractivity contribution in [2.75, 3.05) is 12.4 Å². The van der Waals surface area contributed by atoms with Gasteiger partial charge in [-0.1, -0.05) is 30.4 Å². The molecule has 0 bridgehead atoms. The third kappa shape index (κ3) is 3.11. The minimum atomic E-state index is -0.989. The Labute approximate surface area is 148 Å². The number of ether oxygens (including phenoxy) is 1. The van der Waals surface area contributed by atoms with Gasteiger partial charge in [0.1, 0.15) is 27.9 Å². The number of para-hydroxylation sites is 1. The first-order valence-corrected chi connectivity index (χ1v) is 8.79. The molecule has 3 rings (SSSR count). The van der Waals surface area contributed by atoms with E-state index < -0.39 is 5.97 Å². The molecule has 0 radical (unpaired) electrons. The lowest BCUT2D eigenvalue weighted by Gasteiger charge is -2.51. The molecule has 8 heteroatoms. The van der Waals surface area contributed by atoms with Crippen LogP contribution in [0, 0.1) is 0 Å². The maximum Gasteiger partial charge on any atom is 0.352 e. The molecule has 1 amide bonds. The first-order chi connectivity index (χ1) is 11.5. The summed E-state index contributed by atoms with van der Waals surface area (Å²) in [6, 6.07) is 8.71. The number of aliphatic carboxylic acids is 1. The molecule has 0 saturated carbocycles. The molecule has 2 atom stereocenters. The Kier molecular flexibility index (Phi) is 4.77. The van der Waals surface area contributed by atoms with E-state index >= 15 is 0 Å². The highest BCUT2D eigenvalue weighted by Gasteiger charge is 2.50. The van der Waals surface area contributed by atoms with Gasteiger partial charge in [-0.25, -0.2) is 4.79 Å². The zero-order valence-electron chi connectivity index (χ0n) is 12.9. The summed E-state index contributed by atoms with van der Waals surface area (Å²) < 4.78 is 5.41. The molecule has 1 aromatic rings. The van der Waals surface area contributed by atoms with Gasteiger partial charge in [-0.3, -0.25) is 4.79 Å². The average Bonchev–Trinajstić information content (AvgIpc) is 2.58. The minimum absolute atomic E-state index is 0.110. The fraction of sp³-hybridized carbons (Fsp3) is 0.312. The first kappa shape index (κ1) is 16.8. The van der Waals surface area contributed by atoms with Crippen LogP contribution in [0.4, 0.5) is 0 Å². The van der Waals surface area contributed by atoms with Gasteiger partial charge in [0.25, 0.3) is 5.91 Å². The summed E-state index contributed by atoms with van der Waals surface area (Å²) in [6.07, 6.45) is 0. The number of amides is 1. The zero-order valence-corrected chi connectivity index (χ0v) is 14.5. The predicted molar refractivity (Wildman–Crippen MR) is 94.9 cm³/mol. The van der Waals surface area contributed by atoms with Crippen LogP contribution in [0.5, 0.6) is 5.75 Å². The molecule has 6 nitrogen and oxygen atoms in total. The Balaban J connectivity index is 1.59. The molecule has 0 spiro atoms. The van der Waals surface area contributed by atoms with Crippen molar-refractivity contribution in [3.05, 3.63) is 41.6 Å². The molecule has 126 valence electrons. The summed E-state index contributed by atoms with van der Waals surface area (Å²) in [6.45, 7) is 1.68. The SMILES string of the molecule is CC1=C(C(=O)O)N2C(=S)[C@@H](NC(=O)COc3ccccc3)C2SC1. The van der Waals surface area contributed by atoms with Crippen molar-refractivity contribution in [1.29, 1.82) is 0 Å². The number of carboxylic acid groups (broad SMARTS) is 1. The van der Waals surface area contributed by atoms with Gasteiger partial charge in [0, 0.05) is 5.75 Å². The third-order valence-electron chi connectivity index (χ3n) is 3.79. The van der Waals surface area contributed by atoms with Crippen molar-refractivity contribution >= 4 is 40.8 Å². The molecule has 1 aromatic carbocycles. The Hall–Kier alpha value is -2.06. The van der Waals surface area contributed by atoms with Crippen LogP contribution >= 0.6 is 24.0 Å². The lowest BCUT2D eigenvalue weighted by molar-refractivity contribution is -0.134. The highest BCUT2D eigenvalue weighted by Crippen LogP contribution is 2.40. The number of rotatable bonds is 5. The number of hydrogen-bond acceptors (Lipinski definition) is 5. The molecule has 1 unspecified atom stereocenters.